The van der Waals surface area contributed by atoms with E-state index in [1.54, 1.807) is 0 Å². The highest BCUT2D eigenvalue weighted by Gasteiger charge is 2.27. The summed E-state index contributed by atoms with van der Waals surface area (Å²) in [7, 11) is 1.36. The highest BCUT2D eigenvalue weighted by Crippen LogP contribution is 2.43. The number of esters is 2. The zero-order valence-corrected chi connectivity index (χ0v) is 39.3. The van der Waals surface area contributed by atoms with Gasteiger partial charge in [-0.3, -0.25) is 18.6 Å². The summed E-state index contributed by atoms with van der Waals surface area (Å²) in [6.07, 6.45) is 40.0. The van der Waals surface area contributed by atoms with Crippen LogP contribution in [0.15, 0.2) is 60.8 Å². The Hall–Kier alpha value is -2.37. The lowest BCUT2D eigenvalue weighted by Crippen LogP contribution is -2.37. The van der Waals surface area contributed by atoms with Gasteiger partial charge in [0.2, 0.25) is 0 Å². The molecule has 0 fully saturated rings. The van der Waals surface area contributed by atoms with Crippen molar-refractivity contribution in [3.63, 3.8) is 0 Å². The standard InChI is InChI=1S/C48H86NO10P/c1-6-8-10-12-14-15-16-17-18-19-20-21-22-23-24-25-26-30-35-39-48(53)59-44(43-58-60(54,55)57-41-40-49(3,4)5)42-56-47(52)38-34-31-27-29-33-37-46(51)45(50)36-32-28-13-11-9-7-2/h14-15,17-18,20-21,23-24,28,32,44-46,50-51H,6-13,16,19,22,25-27,29-31,33-43H2,1-5H3/p+1/b15-14-,18-17-,21-20-,24-23-,32-28-/t44-,45-,46-/m1/s1. The molecule has 0 aromatic carbocycles. The quantitative estimate of drug-likeness (QED) is 0.0178. The first-order valence-corrected chi connectivity index (χ1v) is 24.7. The van der Waals surface area contributed by atoms with E-state index < -0.39 is 44.7 Å². The molecule has 0 saturated carbocycles. The summed E-state index contributed by atoms with van der Waals surface area (Å²) in [5.41, 5.74) is 0. The smallest absolute Gasteiger partial charge is 0.462 e. The van der Waals surface area contributed by atoms with Crippen LogP contribution in [0.3, 0.4) is 0 Å². The van der Waals surface area contributed by atoms with Crippen molar-refractivity contribution < 1.29 is 52.3 Å². The molecule has 0 spiro atoms. The lowest BCUT2D eigenvalue weighted by atomic mass is 10.0. The first-order valence-electron chi connectivity index (χ1n) is 23.2. The minimum atomic E-state index is -4.42. The Morgan fingerprint density at radius 3 is 1.63 bits per heavy atom. The minimum absolute atomic E-state index is 0.00281. The molecular weight excluding hydrogens is 781 g/mol. The maximum atomic E-state index is 12.7. The normalized spacial score (nSPS) is 15.1. The van der Waals surface area contributed by atoms with Gasteiger partial charge < -0.3 is 29.1 Å². The molecule has 0 aliphatic carbocycles. The summed E-state index contributed by atoms with van der Waals surface area (Å²) >= 11 is 0. The van der Waals surface area contributed by atoms with Crippen LogP contribution in [0.1, 0.15) is 168 Å². The largest absolute Gasteiger partial charge is 0.472 e. The predicted molar refractivity (Wildman–Crippen MR) is 245 cm³/mol. The third-order valence-electron chi connectivity index (χ3n) is 9.72. The zero-order valence-electron chi connectivity index (χ0n) is 38.4. The molecule has 4 atom stereocenters. The number of carbonyl (C=O) groups excluding carboxylic acids is 2. The zero-order chi connectivity index (χ0) is 44.6. The molecule has 0 heterocycles. The van der Waals surface area contributed by atoms with E-state index in [-0.39, 0.29) is 26.1 Å². The Kier molecular flexibility index (Phi) is 37.9. The number of hydrogen-bond acceptors (Lipinski definition) is 9. The number of carbonyl (C=O) groups is 2. The van der Waals surface area contributed by atoms with E-state index in [2.05, 4.69) is 68.5 Å². The van der Waals surface area contributed by atoms with E-state index in [9.17, 15) is 29.3 Å². The number of unbranched alkanes of at least 4 members (excludes halogenated alkanes) is 13. The summed E-state index contributed by atoms with van der Waals surface area (Å²) in [5.74, 6) is -0.951. The summed E-state index contributed by atoms with van der Waals surface area (Å²) in [6.45, 7) is 4.11. The fourth-order valence-electron chi connectivity index (χ4n) is 5.90. The van der Waals surface area contributed by atoms with Crippen molar-refractivity contribution in [2.45, 2.75) is 186 Å². The molecule has 60 heavy (non-hydrogen) atoms. The van der Waals surface area contributed by atoms with E-state index in [1.807, 2.05) is 27.2 Å². The molecule has 0 aromatic rings. The van der Waals surface area contributed by atoms with Crippen molar-refractivity contribution in [1.82, 2.24) is 0 Å². The Morgan fingerprint density at radius 2 is 1.07 bits per heavy atom. The molecule has 0 aromatic heterocycles. The van der Waals surface area contributed by atoms with Gasteiger partial charge in [0, 0.05) is 12.8 Å². The Bertz CT molecular complexity index is 1240. The van der Waals surface area contributed by atoms with E-state index in [4.69, 9.17) is 18.5 Å². The second-order valence-corrected chi connectivity index (χ2v) is 18.2. The maximum absolute atomic E-state index is 12.7. The molecule has 1 unspecified atom stereocenters. The van der Waals surface area contributed by atoms with Crippen LogP contribution in [0.25, 0.3) is 0 Å². The Labute approximate surface area is 365 Å². The number of likely N-dealkylation sites (N-methyl/N-ethyl adjacent to an activating group) is 1. The molecule has 348 valence electrons. The number of quaternary nitrogens is 1. The van der Waals surface area contributed by atoms with Crippen LogP contribution in [-0.4, -0.2) is 97.3 Å². The van der Waals surface area contributed by atoms with Crippen LogP contribution in [0.2, 0.25) is 0 Å². The molecular formula is C48H87NO10P+. The van der Waals surface area contributed by atoms with E-state index in [0.717, 1.165) is 77.0 Å². The fraction of sp³-hybridized carbons (Fsp3) is 0.750. The molecule has 3 N–H and O–H groups in total. The number of phosphoric ester groups is 1. The third kappa shape index (κ3) is 41.0. The van der Waals surface area contributed by atoms with Crippen LogP contribution >= 0.6 is 7.82 Å². The third-order valence-corrected chi connectivity index (χ3v) is 10.7. The number of allylic oxidation sites excluding steroid dienone is 9. The number of phosphoric acid groups is 1. The van der Waals surface area contributed by atoms with Gasteiger partial charge in [0.05, 0.1) is 40.0 Å². The number of aliphatic hydroxyl groups is 2. The number of ether oxygens (including phenoxy) is 2. The maximum Gasteiger partial charge on any atom is 0.472 e. The van der Waals surface area contributed by atoms with Gasteiger partial charge in [-0.05, 0) is 83.5 Å². The van der Waals surface area contributed by atoms with Crippen molar-refractivity contribution in [2.75, 3.05) is 47.5 Å². The minimum Gasteiger partial charge on any atom is -0.462 e. The second kappa shape index (κ2) is 39.5. The summed E-state index contributed by atoms with van der Waals surface area (Å²) in [6, 6.07) is 0. The summed E-state index contributed by atoms with van der Waals surface area (Å²) in [5, 5.41) is 20.5. The molecule has 0 amide bonds. The van der Waals surface area contributed by atoms with Crippen LogP contribution in [0, 0.1) is 0 Å². The molecule has 12 heteroatoms. The topological polar surface area (TPSA) is 149 Å². The molecule has 0 radical (unpaired) electrons. The van der Waals surface area contributed by atoms with Crippen LogP contribution in [-0.2, 0) is 32.7 Å². The number of aliphatic hydroxyl groups excluding tert-OH is 2. The van der Waals surface area contributed by atoms with Gasteiger partial charge in [0.15, 0.2) is 6.10 Å². The first kappa shape index (κ1) is 57.6. The molecule has 0 bridgehead atoms. The predicted octanol–water partition coefficient (Wildman–Crippen LogP) is 11.2. The highest BCUT2D eigenvalue weighted by molar-refractivity contribution is 7.47. The van der Waals surface area contributed by atoms with Gasteiger partial charge in [-0.15, -0.1) is 0 Å². The van der Waals surface area contributed by atoms with Crippen LogP contribution in [0.5, 0.6) is 0 Å². The molecule has 0 aliphatic rings. The molecule has 0 aliphatic heterocycles. The monoisotopic (exact) mass is 869 g/mol. The summed E-state index contributed by atoms with van der Waals surface area (Å²) < 4.78 is 34.2. The average Bonchev–Trinajstić information content (AvgIpc) is 3.19. The first-order chi connectivity index (χ1) is 28.8. The van der Waals surface area contributed by atoms with Gasteiger partial charge in [0.25, 0.3) is 0 Å². The summed E-state index contributed by atoms with van der Waals surface area (Å²) in [4.78, 5) is 35.4. The molecule has 11 nitrogen and oxygen atoms in total. The van der Waals surface area contributed by atoms with Crippen molar-refractivity contribution in [1.29, 1.82) is 0 Å². The fourth-order valence-corrected chi connectivity index (χ4v) is 6.64. The lowest BCUT2D eigenvalue weighted by molar-refractivity contribution is -0.870. The Morgan fingerprint density at radius 1 is 0.583 bits per heavy atom. The van der Waals surface area contributed by atoms with Gasteiger partial charge in [-0.1, -0.05) is 132 Å². The van der Waals surface area contributed by atoms with Gasteiger partial charge in [0.1, 0.15) is 19.8 Å². The number of hydrogen-bond donors (Lipinski definition) is 3. The van der Waals surface area contributed by atoms with Gasteiger partial charge in [-0.2, -0.15) is 0 Å². The number of nitrogens with zero attached hydrogens (tertiary/aromatic N) is 1. The second-order valence-electron chi connectivity index (χ2n) is 16.7. The van der Waals surface area contributed by atoms with Gasteiger partial charge >= 0.3 is 19.8 Å². The van der Waals surface area contributed by atoms with Crippen molar-refractivity contribution in [3.05, 3.63) is 60.8 Å². The molecule has 0 rings (SSSR count). The van der Waals surface area contributed by atoms with Crippen molar-refractivity contribution >= 4 is 19.8 Å². The van der Waals surface area contributed by atoms with Gasteiger partial charge in [-0.25, -0.2) is 4.57 Å². The Balaban J connectivity index is 4.52. The van der Waals surface area contributed by atoms with E-state index in [1.165, 1.54) is 38.5 Å². The number of rotatable bonds is 41. The molecule has 0 saturated heterocycles. The average molecular weight is 869 g/mol. The van der Waals surface area contributed by atoms with Crippen molar-refractivity contribution in [3.8, 4) is 0 Å². The van der Waals surface area contributed by atoms with E-state index in [0.29, 0.717) is 36.7 Å². The van der Waals surface area contributed by atoms with Crippen molar-refractivity contribution in [2.24, 2.45) is 0 Å². The van der Waals surface area contributed by atoms with E-state index >= 15 is 0 Å². The highest BCUT2D eigenvalue weighted by atomic mass is 31.2. The lowest BCUT2D eigenvalue weighted by Gasteiger charge is -2.24. The van der Waals surface area contributed by atoms with Crippen LogP contribution < -0.4 is 0 Å². The van der Waals surface area contributed by atoms with Crippen LogP contribution in [0.4, 0.5) is 0 Å². The SMILES string of the molecule is CCCCC/C=C\C/C=C\C/C=C\C/C=C\CCCCCC(=O)O[C@H](COC(=O)CCCCCCC[C@@H](O)[C@H](O)C/C=C\CCCCC)COP(=O)(O)OCC[N+](C)(C)C.